The monoisotopic (exact) mass is 400 g/mol. The summed E-state index contributed by atoms with van der Waals surface area (Å²) in [6, 6.07) is 9.98. The summed E-state index contributed by atoms with van der Waals surface area (Å²) in [5.41, 5.74) is 4.64. The highest BCUT2D eigenvalue weighted by atomic mass is 79.9. The molecule has 2 aromatic carbocycles. The highest BCUT2D eigenvalue weighted by Crippen LogP contribution is 2.20. The van der Waals surface area contributed by atoms with Gasteiger partial charge in [-0.15, -0.1) is 0 Å². The van der Waals surface area contributed by atoms with E-state index in [4.69, 9.17) is 16.3 Å². The summed E-state index contributed by atoms with van der Waals surface area (Å²) in [4.78, 5) is 23.5. The molecule has 0 fully saturated rings. The number of benzene rings is 2. The second-order valence-corrected chi connectivity index (χ2v) is 5.69. The molecule has 0 aromatic heterocycles. The first-order valence-corrected chi connectivity index (χ1v) is 7.55. The Kier molecular flexibility index (Phi) is 5.95. The summed E-state index contributed by atoms with van der Waals surface area (Å²) in [6.07, 6.45) is 0. The van der Waals surface area contributed by atoms with Gasteiger partial charge in [-0.05, 0) is 42.5 Å². The van der Waals surface area contributed by atoms with Gasteiger partial charge in [0, 0.05) is 4.47 Å². The van der Waals surface area contributed by atoms with Crippen molar-refractivity contribution < 1.29 is 18.7 Å². The lowest BCUT2D eigenvalue weighted by atomic mass is 10.2. The van der Waals surface area contributed by atoms with Crippen molar-refractivity contribution in [2.45, 2.75) is 0 Å². The van der Waals surface area contributed by atoms with Crippen molar-refractivity contribution in [3.05, 3.63) is 63.3 Å². The summed E-state index contributed by atoms with van der Waals surface area (Å²) in [6.45, 7) is -0.335. The number of hydrogen-bond acceptors (Lipinski definition) is 3. The average molecular weight is 402 g/mol. The third kappa shape index (κ3) is 5.22. The van der Waals surface area contributed by atoms with E-state index < -0.39 is 17.6 Å². The Morgan fingerprint density at radius 3 is 2.52 bits per heavy atom. The van der Waals surface area contributed by atoms with Crippen molar-refractivity contribution in [2.75, 3.05) is 6.61 Å². The van der Waals surface area contributed by atoms with E-state index in [1.54, 1.807) is 12.1 Å². The number of halogens is 3. The molecule has 23 heavy (non-hydrogen) atoms. The molecule has 0 spiro atoms. The normalized spacial score (nSPS) is 10.0. The van der Waals surface area contributed by atoms with Crippen LogP contribution in [0.5, 0.6) is 5.75 Å². The van der Waals surface area contributed by atoms with Gasteiger partial charge >= 0.3 is 0 Å². The van der Waals surface area contributed by atoms with Crippen molar-refractivity contribution in [1.29, 1.82) is 0 Å². The molecule has 2 amide bonds. The van der Waals surface area contributed by atoms with Crippen molar-refractivity contribution in [1.82, 2.24) is 10.9 Å². The van der Waals surface area contributed by atoms with Gasteiger partial charge in [-0.1, -0.05) is 27.5 Å². The van der Waals surface area contributed by atoms with E-state index in [0.717, 1.165) is 0 Å². The van der Waals surface area contributed by atoms with Gasteiger partial charge in [-0.3, -0.25) is 20.4 Å². The summed E-state index contributed by atoms with van der Waals surface area (Å²) in [5, 5.41) is 0.252. The van der Waals surface area contributed by atoms with Crippen LogP contribution in [0.2, 0.25) is 5.02 Å². The molecule has 0 radical (unpaired) electrons. The van der Waals surface area contributed by atoms with E-state index in [2.05, 4.69) is 26.8 Å². The molecule has 0 heterocycles. The summed E-state index contributed by atoms with van der Waals surface area (Å²) in [5.74, 6) is -1.21. The highest BCUT2D eigenvalue weighted by Gasteiger charge is 2.12. The second kappa shape index (κ2) is 7.94. The fraction of sp³-hybridized carbons (Fsp3) is 0.0667. The molecule has 120 valence electrons. The third-order valence-electron chi connectivity index (χ3n) is 2.67. The van der Waals surface area contributed by atoms with Crippen LogP contribution >= 0.6 is 27.5 Å². The number of nitrogens with one attached hydrogen (secondary N) is 2. The van der Waals surface area contributed by atoms with Gasteiger partial charge in [0.2, 0.25) is 0 Å². The zero-order chi connectivity index (χ0) is 16.8. The molecular weight excluding hydrogens is 391 g/mol. The Balaban J connectivity index is 1.83. The largest absolute Gasteiger partial charge is 0.484 e. The first kappa shape index (κ1) is 17.2. The third-order valence-corrected chi connectivity index (χ3v) is 3.49. The quantitative estimate of drug-likeness (QED) is 0.774. The maximum atomic E-state index is 12.7. The Labute approximate surface area is 144 Å². The molecule has 0 aliphatic heterocycles. The highest BCUT2D eigenvalue weighted by molar-refractivity contribution is 9.10. The van der Waals surface area contributed by atoms with Crippen molar-refractivity contribution in [2.24, 2.45) is 0 Å². The summed E-state index contributed by atoms with van der Waals surface area (Å²) >= 11 is 9.14. The lowest BCUT2D eigenvalue weighted by Gasteiger charge is -2.10. The lowest BCUT2D eigenvalue weighted by molar-refractivity contribution is -0.123. The first-order valence-electron chi connectivity index (χ1n) is 6.38. The van der Waals surface area contributed by atoms with Crippen LogP contribution in [0.25, 0.3) is 0 Å². The van der Waals surface area contributed by atoms with Gasteiger partial charge in [0.25, 0.3) is 11.8 Å². The van der Waals surface area contributed by atoms with Crippen molar-refractivity contribution >= 4 is 39.3 Å². The second-order valence-electron chi connectivity index (χ2n) is 4.37. The van der Waals surface area contributed by atoms with Crippen molar-refractivity contribution in [3.63, 3.8) is 0 Å². The summed E-state index contributed by atoms with van der Waals surface area (Å²) in [7, 11) is 0. The van der Waals surface area contributed by atoms with Crippen LogP contribution in [0.15, 0.2) is 46.9 Å². The van der Waals surface area contributed by atoms with Gasteiger partial charge in [0.05, 0.1) is 10.6 Å². The molecule has 2 N–H and O–H groups in total. The zero-order valence-corrected chi connectivity index (χ0v) is 13.9. The maximum absolute atomic E-state index is 12.7. The number of amides is 2. The number of hydrazine groups is 1. The van der Waals surface area contributed by atoms with Crippen LogP contribution in [-0.4, -0.2) is 18.4 Å². The molecule has 0 saturated carbocycles. The fourth-order valence-electron chi connectivity index (χ4n) is 1.58. The molecule has 0 bridgehead atoms. The molecule has 0 saturated heterocycles. The number of hydrogen-bond donors (Lipinski definition) is 2. The fourth-order valence-corrected chi connectivity index (χ4v) is 2.15. The van der Waals surface area contributed by atoms with Gasteiger partial charge in [-0.2, -0.15) is 0 Å². The Hall–Kier alpha value is -2.12. The van der Waals surface area contributed by atoms with E-state index in [1.165, 1.54) is 30.3 Å². The van der Waals surface area contributed by atoms with Crippen LogP contribution in [0, 0.1) is 5.82 Å². The maximum Gasteiger partial charge on any atom is 0.276 e. The SMILES string of the molecule is O=C(COc1ccc(F)cc1)NNC(=O)c1cc(Br)ccc1Cl. The van der Waals surface area contributed by atoms with E-state index >= 15 is 0 Å². The molecule has 0 aliphatic carbocycles. The van der Waals surface area contributed by atoms with Gasteiger partial charge < -0.3 is 4.74 Å². The minimum atomic E-state index is -0.575. The van der Waals surface area contributed by atoms with Gasteiger partial charge in [0.15, 0.2) is 6.61 Å². The standard InChI is InChI=1S/C15H11BrClFN2O3/c16-9-1-6-13(17)12(7-9)15(22)20-19-14(21)8-23-11-4-2-10(18)3-5-11/h1-7H,8H2,(H,19,21)(H,20,22). The van der Waals surface area contributed by atoms with E-state index in [9.17, 15) is 14.0 Å². The van der Waals surface area contributed by atoms with Gasteiger partial charge in [0.1, 0.15) is 11.6 Å². The topological polar surface area (TPSA) is 67.4 Å². The van der Waals surface area contributed by atoms with E-state index in [-0.39, 0.29) is 17.2 Å². The number of carbonyl (C=O) groups excluding carboxylic acids is 2. The minimum Gasteiger partial charge on any atom is -0.484 e. The Bertz CT molecular complexity index is 725. The molecular formula is C15H11BrClFN2O3. The van der Waals surface area contributed by atoms with Crippen LogP contribution in [0.4, 0.5) is 4.39 Å². The zero-order valence-electron chi connectivity index (χ0n) is 11.6. The molecule has 2 aromatic rings. The van der Waals surface area contributed by atoms with Crippen LogP contribution in [0.3, 0.4) is 0 Å². The molecule has 8 heteroatoms. The van der Waals surface area contributed by atoms with Crippen LogP contribution in [0.1, 0.15) is 10.4 Å². The smallest absolute Gasteiger partial charge is 0.276 e. The Morgan fingerprint density at radius 1 is 1.13 bits per heavy atom. The average Bonchev–Trinajstić information content (AvgIpc) is 2.54. The van der Waals surface area contributed by atoms with Crippen molar-refractivity contribution in [3.8, 4) is 5.75 Å². The number of rotatable bonds is 4. The molecule has 2 rings (SSSR count). The van der Waals surface area contributed by atoms with E-state index in [1.807, 2.05) is 0 Å². The van der Waals surface area contributed by atoms with Gasteiger partial charge in [-0.25, -0.2) is 4.39 Å². The predicted octanol–water partition coefficient (Wildman–Crippen LogP) is 3.08. The lowest BCUT2D eigenvalue weighted by Crippen LogP contribution is -2.43. The minimum absolute atomic E-state index is 0.209. The molecule has 0 atom stereocenters. The number of carbonyl (C=O) groups is 2. The van der Waals surface area contributed by atoms with Crippen LogP contribution < -0.4 is 15.6 Å². The molecule has 0 unspecified atom stereocenters. The van der Waals surface area contributed by atoms with E-state index in [0.29, 0.717) is 10.2 Å². The first-order chi connectivity index (χ1) is 11.0. The van der Waals surface area contributed by atoms with Crippen LogP contribution in [-0.2, 0) is 4.79 Å². The summed E-state index contributed by atoms with van der Waals surface area (Å²) < 4.78 is 18.5. The molecule has 0 aliphatic rings. The predicted molar refractivity (Wildman–Crippen MR) is 86.7 cm³/mol. The Morgan fingerprint density at radius 2 is 1.83 bits per heavy atom. The number of ether oxygens (including phenoxy) is 1. The molecule has 5 nitrogen and oxygen atoms in total.